The molecule has 20 heavy (non-hydrogen) atoms. The summed E-state index contributed by atoms with van der Waals surface area (Å²) in [5.74, 6) is 0.964. The molecule has 2 aromatic rings. The molecule has 104 valence electrons. The van der Waals surface area contributed by atoms with Crippen molar-refractivity contribution in [3.8, 4) is 11.6 Å². The van der Waals surface area contributed by atoms with Crippen LogP contribution in [0.3, 0.4) is 0 Å². The number of H-pyrrole nitrogens is 1. The molecule has 2 heterocycles. The van der Waals surface area contributed by atoms with Gasteiger partial charge in [-0.05, 0) is 24.3 Å². The number of nitrogens with zero attached hydrogens (tertiary/aromatic N) is 2. The van der Waals surface area contributed by atoms with E-state index in [2.05, 4.69) is 20.2 Å². The lowest BCUT2D eigenvalue weighted by Crippen LogP contribution is -2.43. The SMILES string of the molecule is O=c1cc(Oc2ccc(N3CCNCC3)cc2)nc[nH]1. The Morgan fingerprint density at radius 1 is 1.15 bits per heavy atom. The molecular weight excluding hydrogens is 256 g/mol. The van der Waals surface area contributed by atoms with E-state index in [4.69, 9.17) is 4.74 Å². The third kappa shape index (κ3) is 2.97. The van der Waals surface area contributed by atoms with Gasteiger partial charge in [-0.3, -0.25) is 4.79 Å². The average molecular weight is 272 g/mol. The van der Waals surface area contributed by atoms with Crippen LogP contribution in [0.25, 0.3) is 0 Å². The summed E-state index contributed by atoms with van der Waals surface area (Å²) in [5, 5.41) is 3.33. The number of anilines is 1. The van der Waals surface area contributed by atoms with Crippen LogP contribution < -0.4 is 20.5 Å². The maximum Gasteiger partial charge on any atom is 0.254 e. The fraction of sp³-hybridized carbons (Fsp3) is 0.286. The summed E-state index contributed by atoms with van der Waals surface area (Å²) in [6, 6.07) is 9.15. The van der Waals surface area contributed by atoms with Crippen molar-refractivity contribution in [2.75, 3.05) is 31.1 Å². The molecule has 0 radical (unpaired) electrons. The highest BCUT2D eigenvalue weighted by molar-refractivity contribution is 5.49. The minimum absolute atomic E-state index is 0.229. The molecule has 0 atom stereocenters. The molecule has 6 nitrogen and oxygen atoms in total. The number of hydrogen-bond donors (Lipinski definition) is 2. The van der Waals surface area contributed by atoms with Gasteiger partial charge in [0, 0.05) is 31.9 Å². The Morgan fingerprint density at radius 2 is 1.90 bits per heavy atom. The van der Waals surface area contributed by atoms with Crippen molar-refractivity contribution in [3.63, 3.8) is 0 Å². The van der Waals surface area contributed by atoms with E-state index in [0.717, 1.165) is 26.2 Å². The van der Waals surface area contributed by atoms with Gasteiger partial charge >= 0.3 is 0 Å². The maximum absolute atomic E-state index is 11.2. The first-order chi connectivity index (χ1) is 9.81. The summed E-state index contributed by atoms with van der Waals surface area (Å²) in [6.45, 7) is 4.04. The van der Waals surface area contributed by atoms with E-state index in [1.54, 1.807) is 0 Å². The minimum atomic E-state index is -0.229. The largest absolute Gasteiger partial charge is 0.439 e. The van der Waals surface area contributed by atoms with Crippen LogP contribution in [0, 0.1) is 0 Å². The van der Waals surface area contributed by atoms with E-state index < -0.39 is 0 Å². The van der Waals surface area contributed by atoms with Gasteiger partial charge in [-0.2, -0.15) is 0 Å². The smallest absolute Gasteiger partial charge is 0.254 e. The van der Waals surface area contributed by atoms with Gasteiger partial charge in [-0.15, -0.1) is 0 Å². The van der Waals surface area contributed by atoms with Crippen molar-refractivity contribution < 1.29 is 4.74 Å². The predicted molar refractivity (Wildman–Crippen MR) is 76.5 cm³/mol. The number of nitrogens with one attached hydrogen (secondary N) is 2. The molecule has 1 saturated heterocycles. The van der Waals surface area contributed by atoms with E-state index >= 15 is 0 Å². The maximum atomic E-state index is 11.2. The van der Waals surface area contributed by atoms with Crippen LogP contribution in [0.1, 0.15) is 0 Å². The molecule has 2 N–H and O–H groups in total. The summed E-state index contributed by atoms with van der Waals surface area (Å²) in [7, 11) is 0. The quantitative estimate of drug-likeness (QED) is 0.871. The normalized spacial score (nSPS) is 15.1. The van der Waals surface area contributed by atoms with Crippen molar-refractivity contribution in [3.05, 3.63) is 47.0 Å². The molecule has 6 heteroatoms. The zero-order valence-electron chi connectivity index (χ0n) is 11.0. The van der Waals surface area contributed by atoms with E-state index in [1.807, 2.05) is 24.3 Å². The summed E-state index contributed by atoms with van der Waals surface area (Å²) in [5.41, 5.74) is 0.949. The van der Waals surface area contributed by atoms with Crippen LogP contribution in [0.2, 0.25) is 0 Å². The Morgan fingerprint density at radius 3 is 2.60 bits per heavy atom. The van der Waals surface area contributed by atoms with Crippen molar-refractivity contribution in [1.82, 2.24) is 15.3 Å². The Bertz CT molecular complexity index is 618. The van der Waals surface area contributed by atoms with Crippen LogP contribution in [-0.2, 0) is 0 Å². The van der Waals surface area contributed by atoms with E-state index in [0.29, 0.717) is 11.6 Å². The molecule has 0 bridgehead atoms. The lowest BCUT2D eigenvalue weighted by molar-refractivity contribution is 0.460. The molecule has 0 unspecified atom stereocenters. The summed E-state index contributed by atoms with van der Waals surface area (Å²) >= 11 is 0. The number of piperazine rings is 1. The van der Waals surface area contributed by atoms with E-state index in [9.17, 15) is 4.79 Å². The predicted octanol–water partition coefficient (Wildman–Crippen LogP) is 0.972. The van der Waals surface area contributed by atoms with Crippen LogP contribution in [0.15, 0.2) is 41.5 Å². The number of aromatic amines is 1. The highest BCUT2D eigenvalue weighted by Crippen LogP contribution is 2.22. The summed E-state index contributed by atoms with van der Waals surface area (Å²) in [6.07, 6.45) is 1.33. The van der Waals surface area contributed by atoms with Crippen LogP contribution in [0.5, 0.6) is 11.6 Å². The second kappa shape index (κ2) is 5.75. The Balaban J connectivity index is 1.71. The van der Waals surface area contributed by atoms with Gasteiger partial charge in [-0.25, -0.2) is 4.98 Å². The lowest BCUT2D eigenvalue weighted by Gasteiger charge is -2.29. The van der Waals surface area contributed by atoms with Gasteiger partial charge < -0.3 is 19.9 Å². The van der Waals surface area contributed by atoms with Gasteiger partial charge in [0.25, 0.3) is 5.56 Å². The Labute approximate surface area is 116 Å². The molecular formula is C14H16N4O2. The third-order valence-corrected chi connectivity index (χ3v) is 3.19. The number of hydrogen-bond acceptors (Lipinski definition) is 5. The molecule has 0 saturated carbocycles. The van der Waals surface area contributed by atoms with Crippen LogP contribution in [0.4, 0.5) is 5.69 Å². The molecule has 0 amide bonds. The molecule has 3 rings (SSSR count). The zero-order chi connectivity index (χ0) is 13.8. The second-order valence-corrected chi connectivity index (χ2v) is 4.58. The second-order valence-electron chi connectivity index (χ2n) is 4.58. The monoisotopic (exact) mass is 272 g/mol. The van der Waals surface area contributed by atoms with Crippen molar-refractivity contribution in [2.45, 2.75) is 0 Å². The van der Waals surface area contributed by atoms with Gasteiger partial charge in [0.05, 0.1) is 12.4 Å². The highest BCUT2D eigenvalue weighted by atomic mass is 16.5. The fourth-order valence-electron chi connectivity index (χ4n) is 2.18. The topological polar surface area (TPSA) is 70.2 Å². The van der Waals surface area contributed by atoms with Gasteiger partial charge in [-0.1, -0.05) is 0 Å². The molecule has 1 aromatic heterocycles. The van der Waals surface area contributed by atoms with E-state index in [1.165, 1.54) is 18.1 Å². The van der Waals surface area contributed by atoms with Crippen molar-refractivity contribution in [1.29, 1.82) is 0 Å². The average Bonchev–Trinajstić information content (AvgIpc) is 2.49. The molecule has 1 fully saturated rings. The highest BCUT2D eigenvalue weighted by Gasteiger charge is 2.10. The first kappa shape index (κ1) is 12.7. The van der Waals surface area contributed by atoms with Crippen molar-refractivity contribution in [2.24, 2.45) is 0 Å². The Kier molecular flexibility index (Phi) is 3.64. The molecule has 1 aromatic carbocycles. The lowest BCUT2D eigenvalue weighted by atomic mass is 10.2. The molecule has 0 spiro atoms. The first-order valence-electron chi connectivity index (χ1n) is 6.59. The number of rotatable bonds is 3. The zero-order valence-corrected chi connectivity index (χ0v) is 11.0. The first-order valence-corrected chi connectivity index (χ1v) is 6.59. The van der Waals surface area contributed by atoms with Gasteiger partial charge in [0.15, 0.2) is 0 Å². The number of aromatic nitrogens is 2. The number of benzene rings is 1. The van der Waals surface area contributed by atoms with Gasteiger partial charge in [0.2, 0.25) is 5.88 Å². The molecule has 0 aliphatic carbocycles. The minimum Gasteiger partial charge on any atom is -0.439 e. The molecule has 1 aliphatic heterocycles. The number of ether oxygens (including phenoxy) is 1. The van der Waals surface area contributed by atoms with Gasteiger partial charge in [0.1, 0.15) is 5.75 Å². The standard InChI is InChI=1S/C14H16N4O2/c19-13-9-14(17-10-16-13)20-12-3-1-11(2-4-12)18-7-5-15-6-8-18/h1-4,9-10,15H,5-8H2,(H,16,17,19). The van der Waals surface area contributed by atoms with E-state index in [-0.39, 0.29) is 5.56 Å². The summed E-state index contributed by atoms with van der Waals surface area (Å²) in [4.78, 5) is 19.9. The Hall–Kier alpha value is -2.34. The molecule has 1 aliphatic rings. The fourth-order valence-corrected chi connectivity index (χ4v) is 2.18. The van der Waals surface area contributed by atoms with Crippen molar-refractivity contribution >= 4 is 5.69 Å². The summed E-state index contributed by atoms with van der Waals surface area (Å²) < 4.78 is 5.54. The van der Waals surface area contributed by atoms with Crippen LogP contribution >= 0.6 is 0 Å². The van der Waals surface area contributed by atoms with Crippen LogP contribution in [-0.4, -0.2) is 36.1 Å². The third-order valence-electron chi connectivity index (χ3n) is 3.19.